The van der Waals surface area contributed by atoms with Gasteiger partial charge in [-0.25, -0.2) is 8.42 Å². The van der Waals surface area contributed by atoms with Crippen molar-refractivity contribution in [2.24, 2.45) is 10.4 Å². The van der Waals surface area contributed by atoms with Gasteiger partial charge in [-0.2, -0.15) is 4.99 Å². The predicted octanol–water partition coefficient (Wildman–Crippen LogP) is 3.64. The summed E-state index contributed by atoms with van der Waals surface area (Å²) >= 11 is 13.6. The van der Waals surface area contributed by atoms with E-state index in [0.29, 0.717) is 20.9 Å². The highest BCUT2D eigenvalue weighted by atomic mass is 35.5. The van der Waals surface area contributed by atoms with Gasteiger partial charge < -0.3 is 4.90 Å². The maximum absolute atomic E-state index is 12.4. The van der Waals surface area contributed by atoms with E-state index in [4.69, 9.17) is 23.2 Å². The second kappa shape index (κ2) is 6.44. The number of sulfone groups is 1. The van der Waals surface area contributed by atoms with E-state index in [1.165, 1.54) is 11.8 Å². The fourth-order valence-electron chi connectivity index (χ4n) is 2.78. The lowest BCUT2D eigenvalue weighted by Crippen LogP contribution is -2.38. The Morgan fingerprint density at radius 1 is 1.28 bits per heavy atom. The van der Waals surface area contributed by atoms with E-state index >= 15 is 0 Å². The second-order valence-corrected chi connectivity index (χ2v) is 11.4. The Balaban J connectivity index is 2.07. The van der Waals surface area contributed by atoms with Gasteiger partial charge in [0.15, 0.2) is 15.0 Å². The first-order chi connectivity index (χ1) is 11.5. The molecule has 25 heavy (non-hydrogen) atoms. The van der Waals surface area contributed by atoms with E-state index in [9.17, 15) is 13.2 Å². The number of nitrogens with zero attached hydrogens (tertiary/aromatic N) is 2. The van der Waals surface area contributed by atoms with Gasteiger partial charge >= 0.3 is 0 Å². The zero-order valence-corrected chi connectivity index (χ0v) is 17.1. The molecule has 0 aromatic heterocycles. The van der Waals surface area contributed by atoms with Crippen LogP contribution >= 0.6 is 35.0 Å². The molecule has 0 bridgehead atoms. The normalized spacial score (nSPS) is 26.9. The number of halogens is 2. The number of carbonyl (C=O) groups excluding carboxylic acids is 1. The van der Waals surface area contributed by atoms with Crippen molar-refractivity contribution in [2.75, 3.05) is 16.4 Å². The van der Waals surface area contributed by atoms with Gasteiger partial charge in [0.05, 0.1) is 28.3 Å². The van der Waals surface area contributed by atoms with Crippen molar-refractivity contribution in [1.82, 2.24) is 0 Å². The van der Waals surface area contributed by atoms with Gasteiger partial charge in [0.1, 0.15) is 0 Å². The number of amides is 1. The fraction of sp³-hybridized carbons (Fsp3) is 0.500. The minimum absolute atomic E-state index is 0.0202. The van der Waals surface area contributed by atoms with Gasteiger partial charge in [0.25, 0.3) is 5.91 Å². The van der Waals surface area contributed by atoms with Crippen LogP contribution in [-0.4, -0.2) is 42.3 Å². The molecule has 0 N–H and O–H groups in total. The summed E-state index contributed by atoms with van der Waals surface area (Å²) < 4.78 is 24.1. The SMILES string of the molecule is CC(C)(C)C(=O)N=C1S[C@@H]2CS(=O)(=O)C[C@H]2N1c1ccc(Cl)cc1Cl. The molecule has 2 saturated heterocycles. The van der Waals surface area contributed by atoms with Crippen LogP contribution in [0.2, 0.25) is 10.0 Å². The molecule has 3 rings (SSSR count). The summed E-state index contributed by atoms with van der Waals surface area (Å²) in [7, 11) is -3.12. The molecular formula is C16H18Cl2N2O3S2. The third-order valence-corrected chi connectivity index (χ3v) is 7.82. The van der Waals surface area contributed by atoms with Gasteiger partial charge in [-0.3, -0.25) is 4.79 Å². The van der Waals surface area contributed by atoms with Crippen LogP contribution in [-0.2, 0) is 14.6 Å². The van der Waals surface area contributed by atoms with E-state index in [1.807, 2.05) is 0 Å². The molecule has 0 spiro atoms. The minimum atomic E-state index is -3.12. The molecule has 2 atom stereocenters. The Morgan fingerprint density at radius 3 is 2.56 bits per heavy atom. The van der Waals surface area contributed by atoms with Crippen LogP contribution in [0.15, 0.2) is 23.2 Å². The lowest BCUT2D eigenvalue weighted by molar-refractivity contribution is -0.124. The minimum Gasteiger partial charge on any atom is -0.314 e. The molecule has 2 heterocycles. The molecule has 0 aliphatic carbocycles. The van der Waals surface area contributed by atoms with Crippen LogP contribution in [0, 0.1) is 5.41 Å². The van der Waals surface area contributed by atoms with E-state index in [2.05, 4.69) is 4.99 Å². The van der Waals surface area contributed by atoms with Gasteiger partial charge in [0, 0.05) is 15.7 Å². The zero-order chi connectivity index (χ0) is 18.6. The molecule has 2 fully saturated rings. The second-order valence-electron chi connectivity index (χ2n) is 7.22. The van der Waals surface area contributed by atoms with E-state index < -0.39 is 15.3 Å². The standard InChI is InChI=1S/C16H18Cl2N2O3S2/c1-16(2,3)14(21)19-15-20(11-5-4-9(17)6-10(11)18)12-7-25(22,23)8-13(12)24-15/h4-6,12-13H,7-8H2,1-3H3/t12-,13-/m1/s1. The Morgan fingerprint density at radius 2 is 1.96 bits per heavy atom. The van der Waals surface area contributed by atoms with Crippen molar-refractivity contribution in [3.63, 3.8) is 0 Å². The monoisotopic (exact) mass is 420 g/mol. The summed E-state index contributed by atoms with van der Waals surface area (Å²) in [5.74, 6) is -0.160. The van der Waals surface area contributed by atoms with Crippen molar-refractivity contribution in [3.05, 3.63) is 28.2 Å². The fourth-order valence-corrected chi connectivity index (χ4v) is 7.18. The van der Waals surface area contributed by atoms with Gasteiger partial charge in [-0.1, -0.05) is 55.7 Å². The van der Waals surface area contributed by atoms with Crippen molar-refractivity contribution in [3.8, 4) is 0 Å². The number of carbonyl (C=O) groups is 1. The lowest BCUT2D eigenvalue weighted by atomic mass is 9.96. The number of hydrogen-bond donors (Lipinski definition) is 0. The summed E-state index contributed by atoms with van der Waals surface area (Å²) in [6, 6.07) is 4.73. The number of amidine groups is 1. The summed E-state index contributed by atoms with van der Waals surface area (Å²) in [5.41, 5.74) is -0.00379. The summed E-state index contributed by atoms with van der Waals surface area (Å²) in [4.78, 5) is 18.4. The molecule has 9 heteroatoms. The van der Waals surface area contributed by atoms with Crippen molar-refractivity contribution < 1.29 is 13.2 Å². The molecule has 2 aliphatic rings. The van der Waals surface area contributed by atoms with Gasteiger partial charge in [-0.05, 0) is 18.2 Å². The molecule has 0 saturated carbocycles. The quantitative estimate of drug-likeness (QED) is 0.693. The van der Waals surface area contributed by atoms with Crippen LogP contribution in [0.4, 0.5) is 5.69 Å². The average molecular weight is 421 g/mol. The molecule has 1 aromatic rings. The summed E-state index contributed by atoms with van der Waals surface area (Å²) in [5, 5.41) is 1.21. The van der Waals surface area contributed by atoms with Crippen LogP contribution in [0.5, 0.6) is 0 Å². The third kappa shape index (κ3) is 3.84. The Hall–Kier alpha value is -0.760. The van der Waals surface area contributed by atoms with Crippen LogP contribution in [0.25, 0.3) is 0 Å². The Bertz CT molecular complexity index is 863. The zero-order valence-electron chi connectivity index (χ0n) is 14.0. The maximum atomic E-state index is 12.4. The van der Waals surface area contributed by atoms with Crippen molar-refractivity contribution >= 4 is 61.6 Å². The number of benzene rings is 1. The molecule has 0 unspecified atom stereocenters. The molecule has 1 amide bonds. The average Bonchev–Trinajstić information content (AvgIpc) is 2.90. The number of aliphatic imine (C=N–C) groups is 1. The first-order valence-electron chi connectivity index (χ1n) is 7.72. The van der Waals surface area contributed by atoms with Gasteiger partial charge in [0.2, 0.25) is 0 Å². The van der Waals surface area contributed by atoms with Crippen LogP contribution in [0.1, 0.15) is 20.8 Å². The number of anilines is 1. The number of fused-ring (bicyclic) bond motifs is 1. The highest BCUT2D eigenvalue weighted by molar-refractivity contribution is 8.16. The molecule has 1 aromatic carbocycles. The molecular weight excluding hydrogens is 403 g/mol. The van der Waals surface area contributed by atoms with E-state index in [0.717, 1.165) is 0 Å². The number of rotatable bonds is 1. The number of hydrogen-bond acceptors (Lipinski definition) is 4. The first-order valence-corrected chi connectivity index (χ1v) is 11.2. The third-order valence-electron chi connectivity index (χ3n) is 4.07. The molecule has 2 aliphatic heterocycles. The van der Waals surface area contributed by atoms with Crippen LogP contribution in [0.3, 0.4) is 0 Å². The Kier molecular flexibility index (Phi) is 4.90. The maximum Gasteiger partial charge on any atom is 0.253 e. The highest BCUT2D eigenvalue weighted by Gasteiger charge is 2.50. The van der Waals surface area contributed by atoms with E-state index in [1.54, 1.807) is 43.9 Å². The van der Waals surface area contributed by atoms with E-state index in [-0.39, 0.29) is 28.7 Å². The number of thioether (sulfide) groups is 1. The van der Waals surface area contributed by atoms with Gasteiger partial charge in [-0.15, -0.1) is 0 Å². The smallest absolute Gasteiger partial charge is 0.253 e. The molecule has 136 valence electrons. The molecule has 5 nitrogen and oxygen atoms in total. The highest BCUT2D eigenvalue weighted by Crippen LogP contribution is 2.43. The predicted molar refractivity (Wildman–Crippen MR) is 105 cm³/mol. The topological polar surface area (TPSA) is 66.8 Å². The van der Waals surface area contributed by atoms with Crippen molar-refractivity contribution in [1.29, 1.82) is 0 Å². The van der Waals surface area contributed by atoms with Crippen molar-refractivity contribution in [2.45, 2.75) is 32.1 Å². The summed E-state index contributed by atoms with van der Waals surface area (Å²) in [6.45, 7) is 5.39. The first kappa shape index (κ1) is 19.0. The Labute approximate surface area is 161 Å². The largest absolute Gasteiger partial charge is 0.314 e. The lowest BCUT2D eigenvalue weighted by Gasteiger charge is -2.26. The summed E-state index contributed by atoms with van der Waals surface area (Å²) in [6.07, 6.45) is 0. The van der Waals surface area contributed by atoms with Crippen LogP contribution < -0.4 is 4.90 Å². The molecule has 0 radical (unpaired) electrons.